The molecular formula is C19H17FN4O2S. The van der Waals surface area contributed by atoms with Gasteiger partial charge in [0.1, 0.15) is 11.6 Å². The summed E-state index contributed by atoms with van der Waals surface area (Å²) in [5, 5.41) is 9.14. The first-order valence-electron chi connectivity index (χ1n) is 8.12. The van der Waals surface area contributed by atoms with Crippen molar-refractivity contribution in [3.63, 3.8) is 0 Å². The highest BCUT2D eigenvalue weighted by atomic mass is 32.2. The van der Waals surface area contributed by atoms with Crippen LogP contribution in [0.25, 0.3) is 0 Å². The zero-order valence-electron chi connectivity index (χ0n) is 15.3. The molecule has 3 rings (SSSR count). The molecule has 0 spiro atoms. The molecule has 8 heteroatoms. The number of nitriles is 1. The Kier molecular flexibility index (Phi) is 4.66. The maximum Gasteiger partial charge on any atom is 0.337 e. The van der Waals surface area contributed by atoms with E-state index >= 15 is 4.39 Å². The van der Waals surface area contributed by atoms with E-state index < -0.39 is 23.3 Å². The number of nitrogens with zero attached hydrogens (tertiary/aromatic N) is 4. The number of rotatable bonds is 3. The second-order valence-electron chi connectivity index (χ2n) is 6.57. The van der Waals surface area contributed by atoms with Gasteiger partial charge in [0.05, 0.1) is 28.0 Å². The molecular weight excluding hydrogens is 367 g/mol. The molecule has 3 amide bonds. The van der Waals surface area contributed by atoms with E-state index in [4.69, 9.17) is 5.26 Å². The molecule has 0 N–H and O–H groups in total. The summed E-state index contributed by atoms with van der Waals surface area (Å²) in [4.78, 5) is 32.5. The smallest absolute Gasteiger partial charge is 0.277 e. The molecule has 0 bridgehead atoms. The summed E-state index contributed by atoms with van der Waals surface area (Å²) >= 11 is 1.05. The van der Waals surface area contributed by atoms with E-state index in [9.17, 15) is 9.59 Å². The molecule has 1 saturated heterocycles. The van der Waals surface area contributed by atoms with Gasteiger partial charge in [-0.15, -0.1) is 11.8 Å². The van der Waals surface area contributed by atoms with Gasteiger partial charge in [0, 0.05) is 5.69 Å². The second kappa shape index (κ2) is 6.67. The lowest BCUT2D eigenvalue weighted by Gasteiger charge is -2.27. The first-order valence-corrected chi connectivity index (χ1v) is 9.34. The molecule has 1 fully saturated rings. The van der Waals surface area contributed by atoms with E-state index in [-0.39, 0.29) is 16.1 Å². The minimum absolute atomic E-state index is 0.101. The third-order valence-electron chi connectivity index (χ3n) is 4.46. The lowest BCUT2D eigenvalue weighted by atomic mass is 10.0. The van der Waals surface area contributed by atoms with Crippen LogP contribution in [0.4, 0.5) is 20.6 Å². The predicted molar refractivity (Wildman–Crippen MR) is 101 cm³/mol. The summed E-state index contributed by atoms with van der Waals surface area (Å²) in [6, 6.07) is 7.39. The highest BCUT2D eigenvalue weighted by Gasteiger charge is 2.53. The van der Waals surface area contributed by atoms with Gasteiger partial charge in [-0.05, 0) is 51.3 Å². The first kappa shape index (κ1) is 18.9. The van der Waals surface area contributed by atoms with Crippen LogP contribution in [0.5, 0.6) is 0 Å². The summed E-state index contributed by atoms with van der Waals surface area (Å²) < 4.78 is 15.0. The van der Waals surface area contributed by atoms with Crippen LogP contribution < -0.4 is 9.80 Å². The summed E-state index contributed by atoms with van der Waals surface area (Å²) in [6.07, 6.45) is 3.14. The molecule has 0 aliphatic carbocycles. The van der Waals surface area contributed by atoms with Crippen molar-refractivity contribution in [1.29, 1.82) is 5.26 Å². The number of aromatic nitrogens is 1. The van der Waals surface area contributed by atoms with Gasteiger partial charge in [0.15, 0.2) is 5.82 Å². The van der Waals surface area contributed by atoms with Crippen molar-refractivity contribution in [3.8, 4) is 6.07 Å². The molecule has 2 heterocycles. The quantitative estimate of drug-likeness (QED) is 0.593. The minimum Gasteiger partial charge on any atom is -0.277 e. The topological polar surface area (TPSA) is 77.3 Å². The van der Waals surface area contributed by atoms with E-state index in [1.807, 2.05) is 13.0 Å². The van der Waals surface area contributed by atoms with Crippen molar-refractivity contribution in [3.05, 3.63) is 47.5 Å². The largest absolute Gasteiger partial charge is 0.337 e. The average molecular weight is 384 g/mol. The maximum absolute atomic E-state index is 15.0. The molecule has 2 aromatic rings. The Hall–Kier alpha value is -2.92. The Morgan fingerprint density at radius 1 is 1.22 bits per heavy atom. The fourth-order valence-corrected chi connectivity index (χ4v) is 3.66. The lowest BCUT2D eigenvalue weighted by Crippen LogP contribution is -2.44. The molecule has 0 radical (unpaired) electrons. The zero-order valence-corrected chi connectivity index (χ0v) is 16.1. The molecule has 1 aromatic heterocycles. The van der Waals surface area contributed by atoms with E-state index in [0.29, 0.717) is 5.69 Å². The number of carbonyl (C=O) groups excluding carboxylic acids is 2. The van der Waals surface area contributed by atoms with Crippen molar-refractivity contribution in [2.45, 2.75) is 31.2 Å². The van der Waals surface area contributed by atoms with E-state index in [2.05, 4.69) is 4.98 Å². The number of hydrogen-bond donors (Lipinski definition) is 0. The Bertz CT molecular complexity index is 982. The van der Waals surface area contributed by atoms with Crippen molar-refractivity contribution in [2.75, 3.05) is 16.1 Å². The Balaban J connectivity index is 2.13. The number of imide groups is 1. The number of anilines is 2. The Labute approximate surface area is 160 Å². The number of thioether (sulfide) groups is 1. The normalized spacial score (nSPS) is 16.0. The monoisotopic (exact) mass is 384 g/mol. The third-order valence-corrected chi connectivity index (χ3v) is 5.27. The maximum atomic E-state index is 15.0. The number of carbonyl (C=O) groups is 2. The van der Waals surface area contributed by atoms with Gasteiger partial charge in [-0.3, -0.25) is 14.7 Å². The molecule has 0 unspecified atom stereocenters. The van der Waals surface area contributed by atoms with Crippen LogP contribution >= 0.6 is 11.8 Å². The number of benzene rings is 1. The van der Waals surface area contributed by atoms with Crippen LogP contribution in [0.2, 0.25) is 0 Å². The summed E-state index contributed by atoms with van der Waals surface area (Å²) in [7, 11) is 0. The van der Waals surface area contributed by atoms with Gasteiger partial charge < -0.3 is 0 Å². The van der Waals surface area contributed by atoms with Crippen LogP contribution in [-0.2, 0) is 4.79 Å². The first-order chi connectivity index (χ1) is 12.7. The van der Waals surface area contributed by atoms with Gasteiger partial charge in [-0.25, -0.2) is 14.1 Å². The predicted octanol–water partition coefficient (Wildman–Crippen LogP) is 3.87. The zero-order chi connectivity index (χ0) is 19.9. The summed E-state index contributed by atoms with van der Waals surface area (Å²) in [6.45, 7) is 5.02. The molecule has 6 nitrogen and oxygen atoms in total. The summed E-state index contributed by atoms with van der Waals surface area (Å²) in [5.41, 5.74) is -0.00105. The molecule has 0 atom stereocenters. The van der Waals surface area contributed by atoms with Gasteiger partial charge in [0.2, 0.25) is 0 Å². The van der Waals surface area contributed by atoms with Crippen molar-refractivity contribution in [2.24, 2.45) is 0 Å². The average Bonchev–Trinajstić information content (AvgIpc) is 2.81. The Morgan fingerprint density at radius 2 is 1.93 bits per heavy atom. The standard InChI is InChI=1S/C19H17FN4O2S/c1-11-5-7-13(10-22-11)24-18(26)23(17(25)19(24,2)3)14-8-6-12(9-21)16(27-4)15(14)20/h5-8,10H,1-4H3. The highest BCUT2D eigenvalue weighted by molar-refractivity contribution is 7.98. The minimum atomic E-state index is -1.21. The van der Waals surface area contributed by atoms with Crippen LogP contribution in [0.1, 0.15) is 25.1 Å². The van der Waals surface area contributed by atoms with E-state index in [0.717, 1.165) is 22.4 Å². The second-order valence-corrected chi connectivity index (χ2v) is 7.38. The Morgan fingerprint density at radius 3 is 2.48 bits per heavy atom. The number of halogens is 1. The number of aryl methyl sites for hydroxylation is 1. The third kappa shape index (κ3) is 2.84. The fraction of sp³-hybridized carbons (Fsp3) is 0.263. The number of hydrogen-bond acceptors (Lipinski definition) is 5. The molecule has 0 saturated carbocycles. The molecule has 138 valence electrons. The number of amides is 3. The molecule has 1 aliphatic heterocycles. The van der Waals surface area contributed by atoms with Crippen LogP contribution in [0.3, 0.4) is 0 Å². The van der Waals surface area contributed by atoms with Crippen molar-refractivity contribution in [1.82, 2.24) is 4.98 Å². The van der Waals surface area contributed by atoms with Gasteiger partial charge >= 0.3 is 6.03 Å². The number of urea groups is 1. The fourth-order valence-electron chi connectivity index (χ4n) is 3.04. The van der Waals surface area contributed by atoms with Crippen LogP contribution in [0.15, 0.2) is 35.4 Å². The molecule has 27 heavy (non-hydrogen) atoms. The molecule has 1 aromatic carbocycles. The van der Waals surface area contributed by atoms with E-state index in [1.54, 1.807) is 32.2 Å². The SMILES string of the molecule is CSc1c(C#N)ccc(N2C(=O)N(c3ccc(C)nc3)C(C)(C)C2=O)c1F. The number of pyridine rings is 1. The summed E-state index contributed by atoms with van der Waals surface area (Å²) in [5.74, 6) is -1.31. The lowest BCUT2D eigenvalue weighted by molar-refractivity contribution is -0.120. The van der Waals surface area contributed by atoms with Crippen LogP contribution in [-0.4, -0.2) is 28.7 Å². The van der Waals surface area contributed by atoms with Gasteiger partial charge in [0.25, 0.3) is 5.91 Å². The van der Waals surface area contributed by atoms with Gasteiger partial charge in [-0.2, -0.15) is 5.26 Å². The van der Waals surface area contributed by atoms with Crippen LogP contribution in [0, 0.1) is 24.1 Å². The van der Waals surface area contributed by atoms with Crippen molar-refractivity contribution >= 4 is 35.1 Å². The van der Waals surface area contributed by atoms with E-state index in [1.165, 1.54) is 23.2 Å². The van der Waals surface area contributed by atoms with Crippen molar-refractivity contribution < 1.29 is 14.0 Å². The van der Waals surface area contributed by atoms with Gasteiger partial charge in [-0.1, -0.05) is 0 Å². The highest BCUT2D eigenvalue weighted by Crippen LogP contribution is 2.39. The molecule has 1 aliphatic rings.